The minimum absolute atomic E-state index is 0.418. The standard InChI is InChI=1S/C14H24N4/c1-4-12(3)16-14-15-8-5-13(17-14)18-9-6-11(2)7-10-18/h5,8,11-12H,4,6-7,9-10H2,1-3H3,(H,15,16,17). The predicted octanol–water partition coefficient (Wildman–Crippen LogP) is 2.92. The third kappa shape index (κ3) is 3.34. The van der Waals surface area contributed by atoms with Gasteiger partial charge in [0, 0.05) is 25.3 Å². The molecule has 0 saturated carbocycles. The van der Waals surface area contributed by atoms with E-state index < -0.39 is 0 Å². The summed E-state index contributed by atoms with van der Waals surface area (Å²) < 4.78 is 0. The molecule has 0 aromatic carbocycles. The average molecular weight is 248 g/mol. The van der Waals surface area contributed by atoms with Gasteiger partial charge < -0.3 is 10.2 Å². The zero-order chi connectivity index (χ0) is 13.0. The fourth-order valence-electron chi connectivity index (χ4n) is 2.15. The smallest absolute Gasteiger partial charge is 0.224 e. The first-order chi connectivity index (χ1) is 8.69. The molecular formula is C14H24N4. The molecule has 1 unspecified atom stereocenters. The van der Waals surface area contributed by atoms with Gasteiger partial charge in [0.05, 0.1) is 0 Å². The molecule has 0 spiro atoms. The number of aromatic nitrogens is 2. The van der Waals surface area contributed by atoms with Crippen molar-refractivity contribution in [3.05, 3.63) is 12.3 Å². The zero-order valence-corrected chi connectivity index (χ0v) is 11.7. The number of hydrogen-bond acceptors (Lipinski definition) is 4. The molecule has 2 rings (SSSR count). The number of rotatable bonds is 4. The van der Waals surface area contributed by atoms with Crippen molar-refractivity contribution in [3.8, 4) is 0 Å². The predicted molar refractivity (Wildman–Crippen MR) is 76.0 cm³/mol. The first-order valence-electron chi connectivity index (χ1n) is 7.03. The van der Waals surface area contributed by atoms with Gasteiger partial charge in [-0.15, -0.1) is 0 Å². The van der Waals surface area contributed by atoms with Crippen molar-refractivity contribution in [1.29, 1.82) is 0 Å². The van der Waals surface area contributed by atoms with E-state index in [0.717, 1.165) is 37.2 Å². The van der Waals surface area contributed by atoms with Gasteiger partial charge in [0.1, 0.15) is 5.82 Å². The van der Waals surface area contributed by atoms with Crippen molar-refractivity contribution in [1.82, 2.24) is 9.97 Å². The van der Waals surface area contributed by atoms with Gasteiger partial charge in [0.25, 0.3) is 0 Å². The van der Waals surface area contributed by atoms with Crippen molar-refractivity contribution in [2.75, 3.05) is 23.3 Å². The van der Waals surface area contributed by atoms with Crippen molar-refractivity contribution >= 4 is 11.8 Å². The molecule has 0 aliphatic carbocycles. The largest absolute Gasteiger partial charge is 0.356 e. The van der Waals surface area contributed by atoms with Crippen LogP contribution >= 0.6 is 0 Å². The van der Waals surface area contributed by atoms with Crippen LogP contribution in [-0.2, 0) is 0 Å². The lowest BCUT2D eigenvalue weighted by Crippen LogP contribution is -2.33. The van der Waals surface area contributed by atoms with Crippen molar-refractivity contribution in [2.24, 2.45) is 5.92 Å². The van der Waals surface area contributed by atoms with E-state index in [9.17, 15) is 0 Å². The topological polar surface area (TPSA) is 41.1 Å². The highest BCUT2D eigenvalue weighted by Gasteiger charge is 2.17. The molecule has 1 N–H and O–H groups in total. The summed E-state index contributed by atoms with van der Waals surface area (Å²) in [7, 11) is 0. The normalized spacial score (nSPS) is 18.7. The van der Waals surface area contributed by atoms with Crippen LogP contribution in [0.3, 0.4) is 0 Å². The van der Waals surface area contributed by atoms with Gasteiger partial charge in [-0.1, -0.05) is 13.8 Å². The maximum absolute atomic E-state index is 4.61. The molecule has 1 aromatic rings. The molecule has 4 heteroatoms. The van der Waals surface area contributed by atoms with Crippen LogP contribution in [0.15, 0.2) is 12.3 Å². The summed E-state index contributed by atoms with van der Waals surface area (Å²) in [5.74, 6) is 2.66. The Bertz CT molecular complexity index is 372. The second-order valence-electron chi connectivity index (χ2n) is 5.36. The van der Waals surface area contributed by atoms with E-state index in [-0.39, 0.29) is 0 Å². The number of nitrogens with one attached hydrogen (secondary N) is 1. The molecule has 0 bridgehead atoms. The lowest BCUT2D eigenvalue weighted by molar-refractivity contribution is 0.436. The summed E-state index contributed by atoms with van der Waals surface area (Å²) in [5, 5.41) is 3.33. The van der Waals surface area contributed by atoms with Gasteiger partial charge in [-0.3, -0.25) is 0 Å². The first kappa shape index (κ1) is 13.1. The van der Waals surface area contributed by atoms with Crippen molar-refractivity contribution in [2.45, 2.75) is 46.1 Å². The van der Waals surface area contributed by atoms with Gasteiger partial charge in [0.15, 0.2) is 0 Å². The molecule has 1 aliphatic heterocycles. The van der Waals surface area contributed by atoms with Crippen LogP contribution in [0.25, 0.3) is 0 Å². The van der Waals surface area contributed by atoms with Crippen LogP contribution < -0.4 is 10.2 Å². The third-order valence-electron chi connectivity index (χ3n) is 3.74. The van der Waals surface area contributed by atoms with E-state index >= 15 is 0 Å². The first-order valence-corrected chi connectivity index (χ1v) is 7.03. The highest BCUT2D eigenvalue weighted by Crippen LogP contribution is 2.21. The molecular weight excluding hydrogens is 224 g/mol. The Labute approximate surface area is 110 Å². The summed E-state index contributed by atoms with van der Waals surface area (Å²) in [4.78, 5) is 11.3. The highest BCUT2D eigenvalue weighted by atomic mass is 15.2. The Morgan fingerprint density at radius 1 is 1.44 bits per heavy atom. The highest BCUT2D eigenvalue weighted by molar-refractivity contribution is 5.43. The Kier molecular flexibility index (Phi) is 4.39. The monoisotopic (exact) mass is 248 g/mol. The molecule has 1 aliphatic rings. The minimum atomic E-state index is 0.418. The summed E-state index contributed by atoms with van der Waals surface area (Å²) in [5.41, 5.74) is 0. The lowest BCUT2D eigenvalue weighted by atomic mass is 9.99. The van der Waals surface area contributed by atoms with E-state index in [2.05, 4.69) is 41.0 Å². The molecule has 18 heavy (non-hydrogen) atoms. The molecule has 1 atom stereocenters. The van der Waals surface area contributed by atoms with Gasteiger partial charge in [-0.2, -0.15) is 4.98 Å². The van der Waals surface area contributed by atoms with Gasteiger partial charge >= 0.3 is 0 Å². The minimum Gasteiger partial charge on any atom is -0.356 e. The Morgan fingerprint density at radius 2 is 2.17 bits per heavy atom. The quantitative estimate of drug-likeness (QED) is 0.889. The van der Waals surface area contributed by atoms with Crippen LogP contribution in [0.4, 0.5) is 11.8 Å². The molecule has 1 saturated heterocycles. The number of hydrogen-bond donors (Lipinski definition) is 1. The Hall–Kier alpha value is -1.32. The molecule has 1 aromatic heterocycles. The molecule has 4 nitrogen and oxygen atoms in total. The van der Waals surface area contributed by atoms with Crippen LogP contribution in [-0.4, -0.2) is 29.1 Å². The van der Waals surface area contributed by atoms with E-state index in [4.69, 9.17) is 0 Å². The summed E-state index contributed by atoms with van der Waals surface area (Å²) in [6, 6.07) is 2.43. The molecule has 2 heterocycles. The van der Waals surface area contributed by atoms with Crippen LogP contribution in [0.2, 0.25) is 0 Å². The van der Waals surface area contributed by atoms with Crippen LogP contribution in [0.5, 0.6) is 0 Å². The van der Waals surface area contributed by atoms with E-state index in [1.807, 2.05) is 12.3 Å². The van der Waals surface area contributed by atoms with Gasteiger partial charge in [-0.25, -0.2) is 4.98 Å². The molecule has 0 radical (unpaired) electrons. The number of nitrogens with zero attached hydrogens (tertiary/aromatic N) is 3. The molecule has 1 fully saturated rings. The second-order valence-corrected chi connectivity index (χ2v) is 5.36. The van der Waals surface area contributed by atoms with E-state index in [0.29, 0.717) is 6.04 Å². The average Bonchev–Trinajstić information content (AvgIpc) is 2.40. The number of piperidine rings is 1. The lowest BCUT2D eigenvalue weighted by Gasteiger charge is -2.31. The molecule has 100 valence electrons. The summed E-state index contributed by atoms with van der Waals surface area (Å²) >= 11 is 0. The van der Waals surface area contributed by atoms with E-state index in [1.54, 1.807) is 0 Å². The summed E-state index contributed by atoms with van der Waals surface area (Å²) in [6.07, 6.45) is 5.45. The maximum atomic E-state index is 4.61. The summed E-state index contributed by atoms with van der Waals surface area (Å²) in [6.45, 7) is 8.86. The van der Waals surface area contributed by atoms with Gasteiger partial charge in [-0.05, 0) is 38.2 Å². The van der Waals surface area contributed by atoms with E-state index in [1.165, 1.54) is 12.8 Å². The van der Waals surface area contributed by atoms with Crippen molar-refractivity contribution < 1.29 is 0 Å². The molecule has 0 amide bonds. The maximum Gasteiger partial charge on any atom is 0.224 e. The number of anilines is 2. The third-order valence-corrected chi connectivity index (χ3v) is 3.74. The second kappa shape index (κ2) is 6.03. The van der Waals surface area contributed by atoms with Crippen LogP contribution in [0.1, 0.15) is 40.0 Å². The van der Waals surface area contributed by atoms with Crippen molar-refractivity contribution in [3.63, 3.8) is 0 Å². The SMILES string of the molecule is CCC(C)Nc1nccc(N2CCC(C)CC2)n1. The van der Waals surface area contributed by atoms with Gasteiger partial charge in [0.2, 0.25) is 5.95 Å². The van der Waals surface area contributed by atoms with Crippen LogP contribution in [0, 0.1) is 5.92 Å². The fraction of sp³-hybridized carbons (Fsp3) is 0.714. The fourth-order valence-corrected chi connectivity index (χ4v) is 2.15. The zero-order valence-electron chi connectivity index (χ0n) is 11.7. The Balaban J connectivity index is 2.02. The Morgan fingerprint density at radius 3 is 2.83 bits per heavy atom.